The van der Waals surface area contributed by atoms with Crippen LogP contribution in [0.25, 0.3) is 0 Å². The van der Waals surface area contributed by atoms with Crippen molar-refractivity contribution >= 4 is 0 Å². The first-order valence-electron chi connectivity index (χ1n) is 5.79. The molecule has 1 saturated heterocycles. The SMILES string of the molecule is CCCN(CC)CC1CCNCC1. The van der Waals surface area contributed by atoms with Gasteiger partial charge in [-0.1, -0.05) is 13.8 Å². The molecule has 13 heavy (non-hydrogen) atoms. The zero-order valence-electron chi connectivity index (χ0n) is 9.18. The van der Waals surface area contributed by atoms with Crippen molar-refractivity contribution in [2.45, 2.75) is 33.1 Å². The summed E-state index contributed by atoms with van der Waals surface area (Å²) in [5, 5.41) is 3.42. The summed E-state index contributed by atoms with van der Waals surface area (Å²) in [6, 6.07) is 0. The number of hydrogen-bond acceptors (Lipinski definition) is 2. The smallest absolute Gasteiger partial charge is 0.00105 e. The summed E-state index contributed by atoms with van der Waals surface area (Å²) in [4.78, 5) is 2.59. The molecule has 1 aliphatic rings. The van der Waals surface area contributed by atoms with Crippen molar-refractivity contribution in [3.8, 4) is 0 Å². The maximum Gasteiger partial charge on any atom is 0.00105 e. The fraction of sp³-hybridized carbons (Fsp3) is 1.00. The van der Waals surface area contributed by atoms with E-state index in [1.54, 1.807) is 0 Å². The van der Waals surface area contributed by atoms with Crippen LogP contribution in [-0.4, -0.2) is 37.6 Å². The molecule has 0 unspecified atom stereocenters. The van der Waals surface area contributed by atoms with Gasteiger partial charge in [0, 0.05) is 6.54 Å². The molecule has 0 aromatic rings. The predicted octanol–water partition coefficient (Wildman–Crippen LogP) is 1.72. The number of nitrogens with one attached hydrogen (secondary N) is 1. The monoisotopic (exact) mass is 184 g/mol. The van der Waals surface area contributed by atoms with Gasteiger partial charge in [0.15, 0.2) is 0 Å². The van der Waals surface area contributed by atoms with E-state index in [1.807, 2.05) is 0 Å². The van der Waals surface area contributed by atoms with Crippen LogP contribution in [0.2, 0.25) is 0 Å². The highest BCUT2D eigenvalue weighted by Crippen LogP contribution is 2.13. The third kappa shape index (κ3) is 4.10. The molecule has 0 saturated carbocycles. The fourth-order valence-electron chi connectivity index (χ4n) is 2.12. The van der Waals surface area contributed by atoms with Crippen molar-refractivity contribution in [2.24, 2.45) is 5.92 Å². The standard InChI is InChI=1S/C11H24N2/c1-3-9-13(4-2)10-11-5-7-12-8-6-11/h11-12H,3-10H2,1-2H3. The van der Waals surface area contributed by atoms with Crippen LogP contribution < -0.4 is 5.32 Å². The number of nitrogens with zero attached hydrogens (tertiary/aromatic N) is 1. The Morgan fingerprint density at radius 1 is 1.23 bits per heavy atom. The number of piperidine rings is 1. The molecule has 1 rings (SSSR count). The molecule has 78 valence electrons. The predicted molar refractivity (Wildman–Crippen MR) is 58.0 cm³/mol. The van der Waals surface area contributed by atoms with Gasteiger partial charge in [0.1, 0.15) is 0 Å². The van der Waals surface area contributed by atoms with E-state index in [0.29, 0.717) is 0 Å². The normalized spacial score (nSPS) is 19.6. The minimum absolute atomic E-state index is 0.952. The van der Waals surface area contributed by atoms with Gasteiger partial charge in [-0.05, 0) is 51.4 Å². The van der Waals surface area contributed by atoms with Gasteiger partial charge in [-0.3, -0.25) is 0 Å². The molecule has 0 aromatic carbocycles. The summed E-state index contributed by atoms with van der Waals surface area (Å²) in [7, 11) is 0. The fourth-order valence-corrected chi connectivity index (χ4v) is 2.12. The Morgan fingerprint density at radius 2 is 1.92 bits per heavy atom. The van der Waals surface area contributed by atoms with Crippen LogP contribution >= 0.6 is 0 Å². The van der Waals surface area contributed by atoms with E-state index in [4.69, 9.17) is 0 Å². The molecular weight excluding hydrogens is 160 g/mol. The van der Waals surface area contributed by atoms with Crippen LogP contribution in [0.5, 0.6) is 0 Å². The summed E-state index contributed by atoms with van der Waals surface area (Å²) < 4.78 is 0. The van der Waals surface area contributed by atoms with E-state index in [-0.39, 0.29) is 0 Å². The molecule has 2 heteroatoms. The summed E-state index contributed by atoms with van der Waals surface area (Å²) >= 11 is 0. The highest BCUT2D eigenvalue weighted by molar-refractivity contribution is 4.71. The molecule has 1 fully saturated rings. The maximum absolute atomic E-state index is 3.42. The molecule has 2 nitrogen and oxygen atoms in total. The lowest BCUT2D eigenvalue weighted by Crippen LogP contribution is -2.36. The molecular formula is C11H24N2. The van der Waals surface area contributed by atoms with Gasteiger partial charge in [0.05, 0.1) is 0 Å². The maximum atomic E-state index is 3.42. The third-order valence-corrected chi connectivity index (χ3v) is 2.96. The molecule has 0 aromatic heterocycles. The van der Waals surface area contributed by atoms with Crippen LogP contribution in [-0.2, 0) is 0 Å². The minimum Gasteiger partial charge on any atom is -0.317 e. The zero-order valence-corrected chi connectivity index (χ0v) is 9.18. The highest BCUT2D eigenvalue weighted by Gasteiger charge is 2.15. The van der Waals surface area contributed by atoms with Crippen molar-refractivity contribution < 1.29 is 0 Å². The second kappa shape index (κ2) is 6.39. The average Bonchev–Trinajstić information content (AvgIpc) is 2.19. The second-order valence-electron chi connectivity index (χ2n) is 4.09. The number of rotatable bonds is 5. The average molecular weight is 184 g/mol. The largest absolute Gasteiger partial charge is 0.317 e. The van der Waals surface area contributed by atoms with Crippen molar-refractivity contribution in [3.05, 3.63) is 0 Å². The van der Waals surface area contributed by atoms with Gasteiger partial charge >= 0.3 is 0 Å². The molecule has 0 aliphatic carbocycles. The van der Waals surface area contributed by atoms with Crippen LogP contribution in [0.3, 0.4) is 0 Å². The van der Waals surface area contributed by atoms with Crippen molar-refractivity contribution in [1.29, 1.82) is 0 Å². The first kappa shape index (κ1) is 11.0. The molecule has 1 heterocycles. The van der Waals surface area contributed by atoms with Gasteiger partial charge in [-0.15, -0.1) is 0 Å². The molecule has 0 spiro atoms. The van der Waals surface area contributed by atoms with Gasteiger partial charge < -0.3 is 10.2 Å². The highest BCUT2D eigenvalue weighted by atomic mass is 15.1. The Kier molecular flexibility index (Phi) is 5.40. The topological polar surface area (TPSA) is 15.3 Å². The molecule has 0 radical (unpaired) electrons. The van der Waals surface area contributed by atoms with Crippen molar-refractivity contribution in [2.75, 3.05) is 32.7 Å². The van der Waals surface area contributed by atoms with E-state index in [0.717, 1.165) is 5.92 Å². The van der Waals surface area contributed by atoms with Crippen molar-refractivity contribution in [1.82, 2.24) is 10.2 Å². The molecule has 0 amide bonds. The second-order valence-corrected chi connectivity index (χ2v) is 4.09. The lowest BCUT2D eigenvalue weighted by molar-refractivity contribution is 0.214. The summed E-state index contributed by atoms with van der Waals surface area (Å²) in [5.41, 5.74) is 0. The summed E-state index contributed by atoms with van der Waals surface area (Å²) in [6.07, 6.45) is 4.04. The van der Waals surface area contributed by atoms with E-state index < -0.39 is 0 Å². The third-order valence-electron chi connectivity index (χ3n) is 2.96. The van der Waals surface area contributed by atoms with Crippen LogP contribution in [0.1, 0.15) is 33.1 Å². The van der Waals surface area contributed by atoms with Crippen molar-refractivity contribution in [3.63, 3.8) is 0 Å². The van der Waals surface area contributed by atoms with E-state index in [9.17, 15) is 0 Å². The minimum atomic E-state index is 0.952. The quantitative estimate of drug-likeness (QED) is 0.700. The lowest BCUT2D eigenvalue weighted by Gasteiger charge is -2.29. The number of hydrogen-bond donors (Lipinski definition) is 1. The summed E-state index contributed by atoms with van der Waals surface area (Å²) in [5.74, 6) is 0.952. The lowest BCUT2D eigenvalue weighted by atomic mass is 9.97. The Balaban J connectivity index is 2.18. The van der Waals surface area contributed by atoms with Crippen LogP contribution in [0, 0.1) is 5.92 Å². The molecule has 0 atom stereocenters. The first-order valence-corrected chi connectivity index (χ1v) is 5.79. The zero-order chi connectivity index (χ0) is 9.52. The van der Waals surface area contributed by atoms with Crippen LogP contribution in [0.15, 0.2) is 0 Å². The van der Waals surface area contributed by atoms with E-state index in [2.05, 4.69) is 24.1 Å². The molecule has 1 aliphatic heterocycles. The first-order chi connectivity index (χ1) is 6.36. The van der Waals surface area contributed by atoms with Gasteiger partial charge in [0.2, 0.25) is 0 Å². The van der Waals surface area contributed by atoms with Crippen LogP contribution in [0.4, 0.5) is 0 Å². The Hall–Kier alpha value is -0.0800. The van der Waals surface area contributed by atoms with E-state index in [1.165, 1.54) is 52.0 Å². The Labute approximate surface area is 82.7 Å². The van der Waals surface area contributed by atoms with Gasteiger partial charge in [0.25, 0.3) is 0 Å². The molecule has 1 N–H and O–H groups in total. The van der Waals surface area contributed by atoms with Gasteiger partial charge in [-0.25, -0.2) is 0 Å². The molecule has 0 bridgehead atoms. The Morgan fingerprint density at radius 3 is 2.46 bits per heavy atom. The van der Waals surface area contributed by atoms with Gasteiger partial charge in [-0.2, -0.15) is 0 Å². The Bertz CT molecular complexity index is 117. The summed E-state index contributed by atoms with van der Waals surface area (Å²) in [6.45, 7) is 10.8. The van der Waals surface area contributed by atoms with E-state index >= 15 is 0 Å².